The molecule has 9 nitrogen and oxygen atoms in total. The summed E-state index contributed by atoms with van der Waals surface area (Å²) in [7, 11) is -2.75. The van der Waals surface area contributed by atoms with Gasteiger partial charge in [-0.2, -0.15) is 23.3 Å². The van der Waals surface area contributed by atoms with Crippen LogP contribution in [0.3, 0.4) is 0 Å². The van der Waals surface area contributed by atoms with Crippen LogP contribution in [0.25, 0.3) is 11.4 Å². The minimum atomic E-state index is -4.65. The van der Waals surface area contributed by atoms with Gasteiger partial charge in [0.1, 0.15) is 6.61 Å². The molecule has 4 bridgehead atoms. The Hall–Kier alpha value is -3.35. The second-order valence-corrected chi connectivity index (χ2v) is 10.0. The third-order valence-corrected chi connectivity index (χ3v) is 6.39. The molecule has 0 spiro atoms. The number of benzene rings is 1. The first-order chi connectivity index (χ1) is 15.9. The second-order valence-electron chi connectivity index (χ2n) is 8.37. The molecule has 0 saturated carbocycles. The van der Waals surface area contributed by atoms with E-state index in [2.05, 4.69) is 25.1 Å². The Kier molecular flexibility index (Phi) is 6.14. The van der Waals surface area contributed by atoms with Crippen molar-refractivity contribution in [2.45, 2.75) is 37.4 Å². The molecular weight excluding hydrogens is 473 g/mol. The van der Waals surface area contributed by atoms with Crippen LogP contribution in [-0.4, -0.2) is 40.8 Å². The lowest BCUT2D eigenvalue weighted by atomic mass is 10.0. The SMILES string of the molecule is CC(C)C[C@@H]1COc2cc(-c3cc(C(F)(F)F)nn3C)nc(n2)NS(=O)(=O)c2cccc(c2)N1. The van der Waals surface area contributed by atoms with Gasteiger partial charge in [0, 0.05) is 18.8 Å². The van der Waals surface area contributed by atoms with Crippen molar-refractivity contribution in [1.82, 2.24) is 19.7 Å². The van der Waals surface area contributed by atoms with E-state index in [1.54, 1.807) is 12.1 Å². The number of aromatic nitrogens is 4. The number of anilines is 2. The van der Waals surface area contributed by atoms with E-state index >= 15 is 0 Å². The maximum atomic E-state index is 13.2. The van der Waals surface area contributed by atoms with Gasteiger partial charge in [-0.15, -0.1) is 0 Å². The lowest BCUT2D eigenvalue weighted by molar-refractivity contribution is -0.141. The van der Waals surface area contributed by atoms with Gasteiger partial charge >= 0.3 is 6.18 Å². The Morgan fingerprint density at radius 3 is 2.65 bits per heavy atom. The van der Waals surface area contributed by atoms with Crippen molar-refractivity contribution in [2.75, 3.05) is 16.6 Å². The van der Waals surface area contributed by atoms with Crippen LogP contribution in [0.2, 0.25) is 0 Å². The zero-order chi connectivity index (χ0) is 24.7. The maximum absolute atomic E-state index is 13.2. The minimum Gasteiger partial charge on any atom is -0.475 e. The van der Waals surface area contributed by atoms with Gasteiger partial charge in [0.2, 0.25) is 11.8 Å². The summed E-state index contributed by atoms with van der Waals surface area (Å²) in [5.74, 6) is -0.00630. The Bertz CT molecular complexity index is 1310. The molecule has 1 aliphatic heterocycles. The Labute approximate surface area is 194 Å². The summed E-state index contributed by atoms with van der Waals surface area (Å²) in [6.07, 6.45) is -3.93. The van der Waals surface area contributed by atoms with Crippen molar-refractivity contribution in [1.29, 1.82) is 0 Å². The number of hydrogen-bond acceptors (Lipinski definition) is 7. The average molecular weight is 497 g/mol. The molecule has 0 fully saturated rings. The molecule has 2 N–H and O–H groups in total. The fourth-order valence-corrected chi connectivity index (χ4v) is 4.60. The molecule has 0 radical (unpaired) electrons. The van der Waals surface area contributed by atoms with E-state index in [1.165, 1.54) is 25.2 Å². The molecule has 182 valence electrons. The molecule has 0 amide bonds. The smallest absolute Gasteiger partial charge is 0.435 e. The van der Waals surface area contributed by atoms with E-state index in [1.807, 2.05) is 13.8 Å². The molecule has 1 aliphatic rings. The largest absolute Gasteiger partial charge is 0.475 e. The van der Waals surface area contributed by atoms with Crippen molar-refractivity contribution in [3.63, 3.8) is 0 Å². The number of hydrogen-bond donors (Lipinski definition) is 2. The molecule has 1 atom stereocenters. The monoisotopic (exact) mass is 496 g/mol. The molecule has 3 aromatic rings. The van der Waals surface area contributed by atoms with Gasteiger partial charge < -0.3 is 10.1 Å². The molecule has 0 unspecified atom stereocenters. The quantitative estimate of drug-likeness (QED) is 0.566. The van der Waals surface area contributed by atoms with Gasteiger partial charge in [-0.25, -0.2) is 18.1 Å². The number of rotatable bonds is 3. The number of nitrogens with one attached hydrogen (secondary N) is 2. The second kappa shape index (κ2) is 8.78. The third-order valence-electron chi connectivity index (χ3n) is 5.06. The maximum Gasteiger partial charge on any atom is 0.435 e. The molecule has 34 heavy (non-hydrogen) atoms. The van der Waals surface area contributed by atoms with Gasteiger partial charge in [0.15, 0.2) is 5.69 Å². The van der Waals surface area contributed by atoms with Crippen molar-refractivity contribution >= 4 is 21.7 Å². The molecular formula is C21H23F3N6O3S. The number of nitrogens with zero attached hydrogens (tertiary/aromatic N) is 4. The van der Waals surface area contributed by atoms with Crippen molar-refractivity contribution in [3.8, 4) is 17.3 Å². The van der Waals surface area contributed by atoms with Crippen LogP contribution in [0.1, 0.15) is 26.0 Å². The van der Waals surface area contributed by atoms with E-state index in [0.29, 0.717) is 11.6 Å². The summed E-state index contributed by atoms with van der Waals surface area (Å²) in [4.78, 5) is 8.24. The first kappa shape index (κ1) is 23.8. The molecule has 3 heterocycles. The molecule has 0 aliphatic carbocycles. The average Bonchev–Trinajstić information content (AvgIpc) is 3.13. The number of halogens is 3. The van der Waals surface area contributed by atoms with Crippen LogP contribution < -0.4 is 14.8 Å². The zero-order valence-electron chi connectivity index (χ0n) is 18.6. The lowest BCUT2D eigenvalue weighted by Crippen LogP contribution is -2.29. The lowest BCUT2D eigenvalue weighted by Gasteiger charge is -2.23. The number of sulfonamides is 1. The van der Waals surface area contributed by atoms with E-state index in [9.17, 15) is 21.6 Å². The highest BCUT2D eigenvalue weighted by molar-refractivity contribution is 7.92. The highest BCUT2D eigenvalue weighted by Gasteiger charge is 2.35. The fraction of sp³-hybridized carbons (Fsp3) is 0.381. The fourth-order valence-electron chi connectivity index (χ4n) is 3.61. The third kappa shape index (κ3) is 5.24. The van der Waals surface area contributed by atoms with Gasteiger partial charge in [0.25, 0.3) is 10.0 Å². The van der Waals surface area contributed by atoms with Crippen molar-refractivity contribution in [3.05, 3.63) is 42.1 Å². The number of alkyl halides is 3. The first-order valence-electron chi connectivity index (χ1n) is 10.4. The van der Waals surface area contributed by atoms with Crippen LogP contribution in [-0.2, 0) is 23.2 Å². The van der Waals surface area contributed by atoms with E-state index < -0.39 is 21.9 Å². The van der Waals surface area contributed by atoms with E-state index in [0.717, 1.165) is 17.2 Å². The molecule has 1 aromatic carbocycles. The summed E-state index contributed by atoms with van der Waals surface area (Å²) in [6.45, 7) is 4.28. The minimum absolute atomic E-state index is 0.0113. The summed E-state index contributed by atoms with van der Waals surface area (Å²) in [6, 6.07) is 8.28. The molecule has 0 saturated heterocycles. The molecule has 4 rings (SSSR count). The number of aryl methyl sites for hydroxylation is 1. The predicted molar refractivity (Wildman–Crippen MR) is 119 cm³/mol. The topological polar surface area (TPSA) is 111 Å². The van der Waals surface area contributed by atoms with Gasteiger partial charge in [-0.3, -0.25) is 4.68 Å². The highest BCUT2D eigenvalue weighted by atomic mass is 32.2. The van der Waals surface area contributed by atoms with Crippen LogP contribution in [0, 0.1) is 5.92 Å². The summed E-state index contributed by atoms with van der Waals surface area (Å²) in [5.41, 5.74) is -0.448. The van der Waals surface area contributed by atoms with Crippen LogP contribution in [0.4, 0.5) is 24.8 Å². The number of fused-ring (bicyclic) bond motifs is 4. The highest BCUT2D eigenvalue weighted by Crippen LogP contribution is 2.32. The normalized spacial score (nSPS) is 17.7. The van der Waals surface area contributed by atoms with Gasteiger partial charge in [-0.1, -0.05) is 19.9 Å². The summed E-state index contributed by atoms with van der Waals surface area (Å²) >= 11 is 0. The van der Waals surface area contributed by atoms with Crippen LogP contribution in [0.15, 0.2) is 41.3 Å². The summed E-state index contributed by atoms with van der Waals surface area (Å²) in [5, 5.41) is 6.79. The van der Waals surface area contributed by atoms with E-state index in [4.69, 9.17) is 4.74 Å². The Morgan fingerprint density at radius 2 is 1.97 bits per heavy atom. The van der Waals surface area contributed by atoms with Gasteiger partial charge in [0.05, 0.1) is 22.3 Å². The predicted octanol–water partition coefficient (Wildman–Crippen LogP) is 3.92. The number of ether oxygens (including phenoxy) is 1. The van der Waals surface area contributed by atoms with Crippen LogP contribution >= 0.6 is 0 Å². The Morgan fingerprint density at radius 1 is 1.21 bits per heavy atom. The van der Waals surface area contributed by atoms with Gasteiger partial charge in [-0.05, 0) is 36.6 Å². The van der Waals surface area contributed by atoms with Crippen LogP contribution in [0.5, 0.6) is 5.88 Å². The van der Waals surface area contributed by atoms with Crippen molar-refractivity contribution < 1.29 is 26.3 Å². The molecule has 13 heteroatoms. The van der Waals surface area contributed by atoms with E-state index in [-0.39, 0.29) is 40.8 Å². The first-order valence-corrected chi connectivity index (χ1v) is 11.9. The standard InChI is InChI=1S/C21H23F3N6O3S/c1-12(2)7-14-11-33-19-9-16(17-10-18(21(22,23)24)28-30(17)3)26-20(27-19)29-34(31,32)15-6-4-5-13(8-15)25-14/h4-6,8-10,12,14,25H,7,11H2,1-3H3,(H,26,27,29)/t14-/m1/s1. The molecule has 2 aromatic heterocycles. The summed E-state index contributed by atoms with van der Waals surface area (Å²) < 4.78 is 74.6. The van der Waals surface area contributed by atoms with Crippen molar-refractivity contribution in [2.24, 2.45) is 13.0 Å². The Balaban J connectivity index is 1.81. The zero-order valence-corrected chi connectivity index (χ0v) is 19.4.